The molecule has 17 heavy (non-hydrogen) atoms. The van der Waals surface area contributed by atoms with E-state index in [0.29, 0.717) is 5.92 Å². The first-order valence-corrected chi connectivity index (χ1v) is 6.99. The van der Waals surface area contributed by atoms with Gasteiger partial charge in [-0.3, -0.25) is 0 Å². The Morgan fingerprint density at radius 1 is 1.35 bits per heavy atom. The molecule has 0 fully saturated rings. The lowest BCUT2D eigenvalue weighted by molar-refractivity contribution is 0.606. The minimum atomic E-state index is -0.367. The van der Waals surface area contributed by atoms with Crippen LogP contribution < -0.4 is 0 Å². The molecule has 1 nitrogen and oxygen atoms in total. The molecule has 3 heteroatoms. The van der Waals surface area contributed by atoms with Gasteiger partial charge in [-0.1, -0.05) is 32.5 Å². The molecule has 0 amide bonds. The third kappa shape index (κ3) is 2.34. The van der Waals surface area contributed by atoms with Crippen LogP contribution in [-0.2, 0) is 6.42 Å². The zero-order valence-corrected chi connectivity index (χ0v) is 11.3. The quantitative estimate of drug-likeness (QED) is 0.766. The van der Waals surface area contributed by atoms with Crippen molar-refractivity contribution in [3.8, 4) is 0 Å². The van der Waals surface area contributed by atoms with Gasteiger partial charge >= 0.3 is 0 Å². The molecule has 0 spiro atoms. The summed E-state index contributed by atoms with van der Waals surface area (Å²) in [6.07, 6.45) is 1.01. The van der Waals surface area contributed by atoms with E-state index < -0.39 is 0 Å². The van der Waals surface area contributed by atoms with Gasteiger partial charge in [0.2, 0.25) is 0 Å². The molecule has 0 saturated carbocycles. The number of aryl methyl sites for hydroxylation is 1. The lowest BCUT2D eigenvalue weighted by Gasteiger charge is -2.05. The van der Waals surface area contributed by atoms with E-state index >= 15 is 0 Å². The Labute approximate surface area is 106 Å². The summed E-state index contributed by atoms with van der Waals surface area (Å²) in [5.74, 6) is 0.495. The number of alkyl halides is 1. The summed E-state index contributed by atoms with van der Waals surface area (Å²) in [4.78, 5) is 4.48. The molecule has 0 radical (unpaired) electrons. The van der Waals surface area contributed by atoms with E-state index in [2.05, 4.69) is 37.9 Å². The van der Waals surface area contributed by atoms with Crippen molar-refractivity contribution in [1.82, 2.24) is 4.98 Å². The fourth-order valence-corrected chi connectivity index (χ4v) is 2.77. The molecule has 1 N–H and O–H groups in total. The van der Waals surface area contributed by atoms with E-state index in [1.807, 2.05) is 6.07 Å². The van der Waals surface area contributed by atoms with Crippen LogP contribution in [0.3, 0.4) is 0 Å². The second-order valence-electron chi connectivity index (χ2n) is 4.49. The van der Waals surface area contributed by atoms with Crippen molar-refractivity contribution in [2.75, 3.05) is 6.01 Å². The van der Waals surface area contributed by atoms with Crippen molar-refractivity contribution in [2.24, 2.45) is 0 Å². The Kier molecular flexibility index (Phi) is 3.77. The average molecular weight is 251 g/mol. The molecular weight excluding hydrogens is 233 g/mol. The van der Waals surface area contributed by atoms with Gasteiger partial charge in [0.05, 0.1) is 0 Å². The molecule has 0 saturated heterocycles. The zero-order chi connectivity index (χ0) is 12.4. The van der Waals surface area contributed by atoms with Crippen molar-refractivity contribution in [3.05, 3.63) is 29.5 Å². The predicted octanol–water partition coefficient (Wildman–Crippen LogP) is 4.87. The molecule has 0 aliphatic rings. The highest BCUT2D eigenvalue weighted by Crippen LogP contribution is 2.31. The van der Waals surface area contributed by atoms with Crippen LogP contribution in [0.1, 0.15) is 37.9 Å². The van der Waals surface area contributed by atoms with Crippen LogP contribution in [0.5, 0.6) is 0 Å². The number of halogens is 1. The van der Waals surface area contributed by atoms with Gasteiger partial charge in [0.25, 0.3) is 0 Å². The maximum absolute atomic E-state index is 12.3. The number of fused-ring (bicyclic) bond motifs is 1. The number of aromatic nitrogens is 1. The number of aromatic amines is 1. The van der Waals surface area contributed by atoms with Crippen LogP contribution >= 0.6 is 11.8 Å². The van der Waals surface area contributed by atoms with Gasteiger partial charge in [-0.05, 0) is 36.1 Å². The Bertz CT molecular complexity index is 516. The van der Waals surface area contributed by atoms with Crippen molar-refractivity contribution in [3.63, 3.8) is 0 Å². The van der Waals surface area contributed by atoms with Gasteiger partial charge in [-0.15, -0.1) is 0 Å². The minimum Gasteiger partial charge on any atom is -0.358 e. The third-order valence-electron chi connectivity index (χ3n) is 3.06. The molecule has 1 aromatic heterocycles. The van der Waals surface area contributed by atoms with Crippen LogP contribution in [0.15, 0.2) is 23.1 Å². The Balaban J connectivity index is 2.58. The van der Waals surface area contributed by atoms with Gasteiger partial charge in [-0.2, -0.15) is 0 Å². The van der Waals surface area contributed by atoms with Gasteiger partial charge in [0, 0.05) is 21.5 Å². The maximum Gasteiger partial charge on any atom is 0.139 e. The van der Waals surface area contributed by atoms with E-state index in [4.69, 9.17) is 0 Å². The van der Waals surface area contributed by atoms with Crippen LogP contribution in [0.4, 0.5) is 4.39 Å². The van der Waals surface area contributed by atoms with Crippen molar-refractivity contribution < 1.29 is 4.39 Å². The standard InChI is InChI=1S/C14H18FNS/c1-4-11-12-7-10(17-8-15)5-6-13(12)16-14(11)9(2)3/h5-7,9,16H,4,8H2,1-3H3. The predicted molar refractivity (Wildman–Crippen MR) is 73.6 cm³/mol. The van der Waals surface area contributed by atoms with Gasteiger partial charge in [-0.25, -0.2) is 4.39 Å². The number of thioether (sulfide) groups is 1. The lowest BCUT2D eigenvalue weighted by atomic mass is 10.0. The van der Waals surface area contributed by atoms with Gasteiger partial charge in [0.15, 0.2) is 0 Å². The number of rotatable bonds is 4. The van der Waals surface area contributed by atoms with Gasteiger partial charge < -0.3 is 4.98 Å². The van der Waals surface area contributed by atoms with Crippen molar-refractivity contribution >= 4 is 22.7 Å². The molecule has 0 aliphatic heterocycles. The molecular formula is C14H18FNS. The summed E-state index contributed by atoms with van der Waals surface area (Å²) in [5, 5.41) is 1.25. The van der Waals surface area contributed by atoms with Crippen molar-refractivity contribution in [2.45, 2.75) is 38.0 Å². The van der Waals surface area contributed by atoms with Gasteiger partial charge in [0.1, 0.15) is 6.01 Å². The molecule has 2 aromatic rings. The summed E-state index contributed by atoms with van der Waals surface area (Å²) in [6, 6.07) is 5.76. The smallest absolute Gasteiger partial charge is 0.139 e. The first-order chi connectivity index (χ1) is 8.17. The molecule has 92 valence electrons. The molecule has 0 unspecified atom stereocenters. The molecule has 0 bridgehead atoms. The number of hydrogen-bond donors (Lipinski definition) is 1. The van der Waals surface area contributed by atoms with Crippen LogP contribution in [0, 0.1) is 0 Å². The van der Waals surface area contributed by atoms with E-state index in [1.165, 1.54) is 28.4 Å². The average Bonchev–Trinajstić information content (AvgIpc) is 2.67. The zero-order valence-electron chi connectivity index (χ0n) is 10.5. The monoisotopic (exact) mass is 251 g/mol. The summed E-state index contributed by atoms with van der Waals surface area (Å²) in [5.41, 5.74) is 3.84. The fraction of sp³-hybridized carbons (Fsp3) is 0.429. The van der Waals surface area contributed by atoms with E-state index in [0.717, 1.165) is 16.8 Å². The Hall–Kier alpha value is -0.960. The highest BCUT2D eigenvalue weighted by molar-refractivity contribution is 7.99. The maximum atomic E-state index is 12.3. The largest absolute Gasteiger partial charge is 0.358 e. The summed E-state index contributed by atoms with van der Waals surface area (Å²) < 4.78 is 12.3. The highest BCUT2D eigenvalue weighted by Gasteiger charge is 2.12. The van der Waals surface area contributed by atoms with Crippen molar-refractivity contribution in [1.29, 1.82) is 0 Å². The molecule has 2 rings (SSSR count). The fourth-order valence-electron chi connectivity index (χ4n) is 2.27. The molecule has 1 heterocycles. The summed E-state index contributed by atoms with van der Waals surface area (Å²) in [6.45, 7) is 6.56. The van der Waals surface area contributed by atoms with Crippen LogP contribution in [-0.4, -0.2) is 11.0 Å². The third-order valence-corrected chi connectivity index (χ3v) is 3.76. The summed E-state index contributed by atoms with van der Waals surface area (Å²) >= 11 is 1.25. The van der Waals surface area contributed by atoms with Crippen LogP contribution in [0.25, 0.3) is 10.9 Å². The summed E-state index contributed by atoms with van der Waals surface area (Å²) in [7, 11) is 0. The van der Waals surface area contributed by atoms with E-state index in [-0.39, 0.29) is 6.01 Å². The molecule has 0 atom stereocenters. The minimum absolute atomic E-state index is 0.367. The Morgan fingerprint density at radius 2 is 2.12 bits per heavy atom. The number of benzene rings is 1. The lowest BCUT2D eigenvalue weighted by Crippen LogP contribution is -1.92. The first-order valence-electron chi connectivity index (χ1n) is 6.00. The molecule has 1 aromatic carbocycles. The highest BCUT2D eigenvalue weighted by atomic mass is 32.2. The second-order valence-corrected chi connectivity index (χ2v) is 5.46. The first kappa shape index (κ1) is 12.5. The SMILES string of the molecule is CCc1c(C(C)C)[nH]c2ccc(SCF)cc12. The Morgan fingerprint density at radius 3 is 2.71 bits per heavy atom. The van der Waals surface area contributed by atoms with Crippen LogP contribution in [0.2, 0.25) is 0 Å². The molecule has 0 aliphatic carbocycles. The number of hydrogen-bond acceptors (Lipinski definition) is 1. The normalized spacial score (nSPS) is 11.6. The number of nitrogens with one attached hydrogen (secondary N) is 1. The number of H-pyrrole nitrogens is 1. The van der Waals surface area contributed by atoms with E-state index in [1.54, 1.807) is 0 Å². The van der Waals surface area contributed by atoms with E-state index in [9.17, 15) is 4.39 Å². The second kappa shape index (κ2) is 5.13. The topological polar surface area (TPSA) is 15.8 Å².